The molecular formula is C13H15BrO3. The fraction of sp³-hybridized carbons (Fsp3) is 0.462. The van der Waals surface area contributed by atoms with Gasteiger partial charge in [0, 0.05) is 11.8 Å². The van der Waals surface area contributed by atoms with Gasteiger partial charge in [0.1, 0.15) is 0 Å². The van der Waals surface area contributed by atoms with Crippen molar-refractivity contribution >= 4 is 21.9 Å². The first-order chi connectivity index (χ1) is 8.29. The Balaban J connectivity index is 1.93. The fourth-order valence-corrected chi connectivity index (χ4v) is 2.10. The second-order valence-corrected chi connectivity index (χ2v) is 4.59. The molecule has 2 rings (SSSR count). The normalized spacial score (nSPS) is 19.9. The van der Waals surface area contributed by atoms with Crippen molar-refractivity contribution in [1.82, 2.24) is 0 Å². The smallest absolute Gasteiger partial charge is 0.340 e. The van der Waals surface area contributed by atoms with Crippen LogP contribution in [-0.2, 0) is 14.8 Å². The maximum Gasteiger partial charge on any atom is 0.340 e. The SMILES string of the molecule is O=C(OC1CCCCO1)c1ccc(CBr)cc1. The number of halogens is 1. The number of rotatable bonds is 3. The molecule has 3 nitrogen and oxygen atoms in total. The van der Waals surface area contributed by atoms with Crippen LogP contribution in [0, 0.1) is 0 Å². The first kappa shape index (κ1) is 12.6. The molecule has 1 fully saturated rings. The van der Waals surface area contributed by atoms with Crippen molar-refractivity contribution in [2.45, 2.75) is 30.9 Å². The molecule has 0 bridgehead atoms. The van der Waals surface area contributed by atoms with E-state index in [1.165, 1.54) is 0 Å². The van der Waals surface area contributed by atoms with Gasteiger partial charge in [-0.2, -0.15) is 0 Å². The zero-order valence-corrected chi connectivity index (χ0v) is 11.1. The molecule has 1 unspecified atom stereocenters. The minimum atomic E-state index is -0.368. The highest BCUT2D eigenvalue weighted by Crippen LogP contribution is 2.16. The Hall–Kier alpha value is -0.870. The summed E-state index contributed by atoms with van der Waals surface area (Å²) in [6, 6.07) is 7.38. The second kappa shape index (κ2) is 6.17. The maximum atomic E-state index is 11.8. The average molecular weight is 299 g/mol. The topological polar surface area (TPSA) is 35.5 Å². The van der Waals surface area contributed by atoms with Gasteiger partial charge in [0.25, 0.3) is 0 Å². The molecule has 4 heteroatoms. The average Bonchev–Trinajstić information content (AvgIpc) is 2.40. The molecule has 1 saturated heterocycles. The van der Waals surface area contributed by atoms with E-state index in [2.05, 4.69) is 15.9 Å². The first-order valence-corrected chi connectivity index (χ1v) is 6.89. The molecule has 0 spiro atoms. The molecule has 1 atom stereocenters. The van der Waals surface area contributed by atoms with Crippen LogP contribution >= 0.6 is 15.9 Å². The van der Waals surface area contributed by atoms with E-state index in [1.54, 1.807) is 12.1 Å². The third kappa shape index (κ3) is 3.54. The predicted molar refractivity (Wildman–Crippen MR) is 68.1 cm³/mol. The quantitative estimate of drug-likeness (QED) is 0.635. The monoisotopic (exact) mass is 298 g/mol. The Labute approximate surface area is 109 Å². The van der Waals surface area contributed by atoms with Gasteiger partial charge in [-0.05, 0) is 30.5 Å². The lowest BCUT2D eigenvalue weighted by Gasteiger charge is -2.22. The van der Waals surface area contributed by atoms with Crippen molar-refractivity contribution < 1.29 is 14.3 Å². The molecular weight excluding hydrogens is 284 g/mol. The van der Waals surface area contributed by atoms with E-state index >= 15 is 0 Å². The predicted octanol–water partition coefficient (Wildman–Crippen LogP) is 3.26. The number of benzene rings is 1. The van der Waals surface area contributed by atoms with Crippen LogP contribution in [0.2, 0.25) is 0 Å². The lowest BCUT2D eigenvalue weighted by molar-refractivity contribution is -0.130. The van der Waals surface area contributed by atoms with Crippen LogP contribution in [0.1, 0.15) is 35.2 Å². The molecule has 0 amide bonds. The fourth-order valence-electron chi connectivity index (χ4n) is 1.72. The van der Waals surface area contributed by atoms with E-state index in [0.29, 0.717) is 12.2 Å². The highest BCUT2D eigenvalue weighted by atomic mass is 79.9. The number of hydrogen-bond donors (Lipinski definition) is 0. The van der Waals surface area contributed by atoms with Gasteiger partial charge in [0.2, 0.25) is 6.29 Å². The molecule has 0 N–H and O–H groups in total. The van der Waals surface area contributed by atoms with Gasteiger partial charge in [-0.15, -0.1) is 0 Å². The maximum absolute atomic E-state index is 11.8. The van der Waals surface area contributed by atoms with Gasteiger partial charge in [-0.3, -0.25) is 0 Å². The number of ether oxygens (including phenoxy) is 2. The van der Waals surface area contributed by atoms with Crippen molar-refractivity contribution in [1.29, 1.82) is 0 Å². The number of alkyl halides is 1. The zero-order chi connectivity index (χ0) is 12.1. The summed E-state index contributed by atoms with van der Waals surface area (Å²) in [7, 11) is 0. The van der Waals surface area contributed by atoms with Gasteiger partial charge in [0.15, 0.2) is 0 Å². The molecule has 0 aromatic heterocycles. The second-order valence-electron chi connectivity index (χ2n) is 4.03. The van der Waals surface area contributed by atoms with Crippen LogP contribution in [0.4, 0.5) is 0 Å². The number of hydrogen-bond acceptors (Lipinski definition) is 3. The minimum Gasteiger partial charge on any atom is -0.432 e. The minimum absolute atomic E-state index is 0.307. The molecule has 1 aromatic carbocycles. The Morgan fingerprint density at radius 3 is 2.71 bits per heavy atom. The Morgan fingerprint density at radius 1 is 1.35 bits per heavy atom. The molecule has 1 aliphatic rings. The summed E-state index contributed by atoms with van der Waals surface area (Å²) in [6.45, 7) is 0.681. The van der Waals surface area contributed by atoms with Gasteiger partial charge < -0.3 is 9.47 Å². The van der Waals surface area contributed by atoms with E-state index in [1.807, 2.05) is 12.1 Å². The highest BCUT2D eigenvalue weighted by molar-refractivity contribution is 9.08. The third-order valence-electron chi connectivity index (χ3n) is 2.72. The summed E-state index contributed by atoms with van der Waals surface area (Å²) in [6.07, 6.45) is 2.53. The number of esters is 1. The van der Waals surface area contributed by atoms with Crippen LogP contribution in [-0.4, -0.2) is 18.9 Å². The van der Waals surface area contributed by atoms with E-state index in [-0.39, 0.29) is 12.3 Å². The summed E-state index contributed by atoms with van der Waals surface area (Å²) in [5.41, 5.74) is 1.71. The van der Waals surface area contributed by atoms with Crippen molar-refractivity contribution in [3.05, 3.63) is 35.4 Å². The number of carbonyl (C=O) groups excluding carboxylic acids is 1. The van der Waals surface area contributed by atoms with Crippen LogP contribution in [0.15, 0.2) is 24.3 Å². The summed E-state index contributed by atoms with van der Waals surface area (Å²) in [5, 5.41) is 0.786. The summed E-state index contributed by atoms with van der Waals surface area (Å²) in [5.74, 6) is -0.307. The Bertz CT molecular complexity index is 369. The molecule has 92 valence electrons. The van der Waals surface area contributed by atoms with E-state index < -0.39 is 0 Å². The third-order valence-corrected chi connectivity index (χ3v) is 3.37. The standard InChI is InChI=1S/C13H15BrO3/c14-9-10-4-6-11(7-5-10)13(15)17-12-3-1-2-8-16-12/h4-7,12H,1-3,8-9H2. The Kier molecular flexibility index (Phi) is 4.57. The van der Waals surface area contributed by atoms with E-state index in [4.69, 9.17) is 9.47 Å². The number of carbonyl (C=O) groups is 1. The van der Waals surface area contributed by atoms with Crippen LogP contribution < -0.4 is 0 Å². The van der Waals surface area contributed by atoms with Crippen molar-refractivity contribution in [3.8, 4) is 0 Å². The molecule has 0 saturated carbocycles. The van der Waals surface area contributed by atoms with E-state index in [9.17, 15) is 4.79 Å². The molecule has 1 heterocycles. The molecule has 0 radical (unpaired) electrons. The first-order valence-electron chi connectivity index (χ1n) is 5.77. The summed E-state index contributed by atoms with van der Waals surface area (Å²) >= 11 is 3.36. The van der Waals surface area contributed by atoms with Gasteiger partial charge in [-0.1, -0.05) is 28.1 Å². The zero-order valence-electron chi connectivity index (χ0n) is 9.52. The summed E-state index contributed by atoms with van der Waals surface area (Å²) < 4.78 is 10.6. The van der Waals surface area contributed by atoms with Crippen molar-refractivity contribution in [3.63, 3.8) is 0 Å². The van der Waals surface area contributed by atoms with E-state index in [0.717, 1.165) is 30.2 Å². The van der Waals surface area contributed by atoms with Crippen molar-refractivity contribution in [2.24, 2.45) is 0 Å². The Morgan fingerprint density at radius 2 is 2.12 bits per heavy atom. The largest absolute Gasteiger partial charge is 0.432 e. The van der Waals surface area contributed by atoms with Crippen LogP contribution in [0.5, 0.6) is 0 Å². The van der Waals surface area contributed by atoms with Gasteiger partial charge in [0.05, 0.1) is 12.2 Å². The molecule has 17 heavy (non-hydrogen) atoms. The molecule has 0 aliphatic carbocycles. The molecule has 1 aliphatic heterocycles. The molecule has 1 aromatic rings. The van der Waals surface area contributed by atoms with Crippen LogP contribution in [0.3, 0.4) is 0 Å². The summed E-state index contributed by atoms with van der Waals surface area (Å²) in [4.78, 5) is 11.8. The lowest BCUT2D eigenvalue weighted by Crippen LogP contribution is -2.25. The van der Waals surface area contributed by atoms with Crippen molar-refractivity contribution in [2.75, 3.05) is 6.61 Å². The highest BCUT2D eigenvalue weighted by Gasteiger charge is 2.18. The van der Waals surface area contributed by atoms with Crippen LogP contribution in [0.25, 0.3) is 0 Å². The van der Waals surface area contributed by atoms with Gasteiger partial charge >= 0.3 is 5.97 Å². The lowest BCUT2D eigenvalue weighted by atomic mass is 10.1. The van der Waals surface area contributed by atoms with Gasteiger partial charge in [-0.25, -0.2) is 4.79 Å².